The number of aromatic nitrogens is 6. The van der Waals surface area contributed by atoms with Gasteiger partial charge in [-0.25, -0.2) is 47.1 Å². The van der Waals surface area contributed by atoms with E-state index in [0.29, 0.717) is 126 Å². The molecule has 0 aliphatic carbocycles. The molecular formula is C70H56BClF4N12O10. The summed E-state index contributed by atoms with van der Waals surface area (Å²) in [6.07, 6.45) is 2.07. The second-order valence-electron chi connectivity index (χ2n) is 24.6. The summed E-state index contributed by atoms with van der Waals surface area (Å²) in [6, 6.07) is 31.7. The number of carbonyl (C=O) groups is 4. The maximum Gasteiger partial charge on any atom is 0.414 e. The van der Waals surface area contributed by atoms with E-state index in [0.717, 1.165) is 16.7 Å². The van der Waals surface area contributed by atoms with Gasteiger partial charge in [-0.15, -0.1) is 0 Å². The molecule has 5 aliphatic heterocycles. The van der Waals surface area contributed by atoms with Gasteiger partial charge in [-0.2, -0.15) is 0 Å². The zero-order valence-corrected chi connectivity index (χ0v) is 53.8. The number of benzene rings is 6. The molecule has 12 aromatic rings. The quantitative estimate of drug-likeness (QED) is 0.0627. The fraction of sp³-hybridized carbons (Fsp3) is 0.200. The average molecular weight is 1350 g/mol. The SMILES string of the molecule is CNC(=O)c1c(-c2ccc(F)cc2)oc2cc(N3CCOC3=O)c(-c3ncc4c(n3)-c3cc5c(F)cccc5n3CO4)cc12.CNC(=O)c1c(-c2ccc(F)cc2)oc2cc(N3CCOC3=O)c(B3NC(C)(C)C(C)(C)N3)cc12.Fc1cccc2c1cc1n2COc2cnc(Cl)nc2-1. The van der Waals surface area contributed by atoms with E-state index >= 15 is 0 Å². The van der Waals surface area contributed by atoms with Crippen LogP contribution in [-0.2, 0) is 22.9 Å². The van der Waals surface area contributed by atoms with Crippen LogP contribution in [0.15, 0.2) is 143 Å². The Morgan fingerprint density at radius 3 is 1.53 bits per heavy atom. The van der Waals surface area contributed by atoms with Gasteiger partial charge in [0, 0.05) is 81.2 Å². The van der Waals surface area contributed by atoms with E-state index in [2.05, 4.69) is 63.7 Å². The maximum atomic E-state index is 14.7. The Morgan fingerprint density at radius 2 is 1.04 bits per heavy atom. The van der Waals surface area contributed by atoms with E-state index in [1.807, 2.05) is 21.3 Å². The minimum atomic E-state index is -0.556. The molecule has 0 saturated carbocycles. The van der Waals surface area contributed by atoms with Gasteiger partial charge in [0.1, 0.15) is 70.6 Å². The zero-order chi connectivity index (χ0) is 68.2. The number of nitrogens with zero attached hydrogens (tertiary/aromatic N) is 8. The topological polar surface area (TPSA) is 248 Å². The Hall–Kier alpha value is -11.3. The van der Waals surface area contributed by atoms with Gasteiger partial charge >= 0.3 is 19.2 Å². The number of nitrogens with one attached hydrogen (secondary N) is 4. The Bertz CT molecular complexity index is 5300. The first-order valence-electron chi connectivity index (χ1n) is 31.0. The van der Waals surface area contributed by atoms with Crippen molar-refractivity contribution in [3.8, 4) is 68.3 Å². The van der Waals surface area contributed by atoms with Crippen LogP contribution < -0.4 is 45.8 Å². The molecular weight excluding hydrogens is 1290 g/mol. The Morgan fingerprint density at radius 1 is 0.571 bits per heavy atom. The molecule has 0 spiro atoms. The van der Waals surface area contributed by atoms with Crippen LogP contribution in [0.5, 0.6) is 11.5 Å². The molecule has 0 unspecified atom stereocenters. The van der Waals surface area contributed by atoms with E-state index in [9.17, 15) is 36.7 Å². The van der Waals surface area contributed by atoms with Crippen LogP contribution in [0.25, 0.3) is 101 Å². The van der Waals surface area contributed by atoms with Crippen molar-refractivity contribution in [2.24, 2.45) is 0 Å². The van der Waals surface area contributed by atoms with Crippen LogP contribution in [0, 0.1) is 23.3 Å². The van der Waals surface area contributed by atoms with Gasteiger partial charge in [0.05, 0.1) is 64.7 Å². The number of hydrogen-bond acceptors (Lipinski definition) is 16. The van der Waals surface area contributed by atoms with Crippen molar-refractivity contribution < 1.29 is 64.5 Å². The summed E-state index contributed by atoms with van der Waals surface area (Å²) in [5.41, 5.74) is 8.05. The number of halogens is 5. The standard InChI is InChI=1S/C32H21F2N5O5.C25H28BFN4O4.C13H7ClFN3O/c1-35-31(40)27-20-11-19(23(38-9-10-42-32(38)41)13-25(20)44-29(27)16-5-7-17(33)8-6-16)30-36-14-26-28(37-30)24-12-18-21(34)3-2-4-22(18)39(24)15-43-26;1-24(2)25(3,4)30-26(29-24)17-12-16-19(13-18(17)31-10-11-34-23(31)33)35-21(20(16)22(32)28-5)14-6-8-15(27)9-7-14;14-13-16-5-11-12(17-13)10-4-7-8(15)2-1-3-9(7)18(10)6-19-11/h2-8,11-14H,9-10,15H2,1H3,(H,35,40);6-9,12-13,29-30H,10-11H2,1-5H3,(H,28,32);1-5H,6H2. The normalized spacial score (nSPS) is 15.5. The molecule has 494 valence electrons. The number of amides is 4. The fourth-order valence-corrected chi connectivity index (χ4v) is 13.0. The molecule has 5 aliphatic rings. The largest absolute Gasteiger partial charge is 0.469 e. The number of carbonyl (C=O) groups excluding carboxylic acids is 4. The monoisotopic (exact) mass is 1350 g/mol. The van der Waals surface area contributed by atoms with Gasteiger partial charge in [0.15, 0.2) is 30.8 Å². The Labute approximate surface area is 559 Å². The predicted octanol–water partition coefficient (Wildman–Crippen LogP) is 12.4. The Balaban J connectivity index is 0.000000129. The molecule has 0 atom stereocenters. The number of rotatable bonds is 8. The molecule has 22 nitrogen and oxygen atoms in total. The van der Waals surface area contributed by atoms with Crippen molar-refractivity contribution in [3.05, 3.63) is 173 Å². The summed E-state index contributed by atoms with van der Waals surface area (Å²) < 4.78 is 93.8. The predicted molar refractivity (Wildman–Crippen MR) is 358 cm³/mol. The van der Waals surface area contributed by atoms with E-state index in [1.54, 1.807) is 72.6 Å². The van der Waals surface area contributed by atoms with Crippen molar-refractivity contribution in [1.82, 2.24) is 50.2 Å². The zero-order valence-electron chi connectivity index (χ0n) is 53.1. The number of ether oxygens (including phenoxy) is 4. The lowest BCUT2D eigenvalue weighted by molar-refractivity contribution is 0.0956. The molecule has 6 aromatic heterocycles. The highest BCUT2D eigenvalue weighted by atomic mass is 35.5. The third-order valence-electron chi connectivity index (χ3n) is 18.4. The highest BCUT2D eigenvalue weighted by molar-refractivity contribution is 6.71. The van der Waals surface area contributed by atoms with Crippen LogP contribution in [0.4, 0.5) is 38.5 Å². The Kier molecular flexibility index (Phi) is 15.5. The van der Waals surface area contributed by atoms with Crippen LogP contribution in [0.2, 0.25) is 5.28 Å². The van der Waals surface area contributed by atoms with E-state index in [4.69, 9.17) is 44.4 Å². The number of fused-ring (bicyclic) bond motifs is 12. The molecule has 28 heteroatoms. The van der Waals surface area contributed by atoms with Gasteiger partial charge < -0.3 is 58.0 Å². The number of furan rings is 2. The average Bonchev–Trinajstić information content (AvgIpc) is 1.56. The smallest absolute Gasteiger partial charge is 0.414 e. The van der Waals surface area contributed by atoms with Crippen LogP contribution >= 0.6 is 11.6 Å². The van der Waals surface area contributed by atoms with Crippen LogP contribution in [-0.4, -0.2) is 112 Å². The number of hydrogen-bond donors (Lipinski definition) is 4. The first kappa shape index (κ1) is 62.8. The third-order valence-corrected chi connectivity index (χ3v) is 18.6. The molecule has 0 bridgehead atoms. The summed E-state index contributed by atoms with van der Waals surface area (Å²) in [6.45, 7) is 9.78. The van der Waals surface area contributed by atoms with Crippen LogP contribution in [0.1, 0.15) is 48.4 Å². The molecule has 17 rings (SSSR count). The highest BCUT2D eigenvalue weighted by Gasteiger charge is 2.49. The lowest BCUT2D eigenvalue weighted by Gasteiger charge is -2.34. The molecule has 4 N–H and O–H groups in total. The van der Waals surface area contributed by atoms with Crippen molar-refractivity contribution >= 4 is 103 Å². The number of cyclic esters (lactones) is 2. The summed E-state index contributed by atoms with van der Waals surface area (Å²) in [5, 5.41) is 14.7. The molecule has 0 radical (unpaired) electrons. The molecule has 3 fully saturated rings. The fourth-order valence-electron chi connectivity index (χ4n) is 12.8. The summed E-state index contributed by atoms with van der Waals surface area (Å²) >= 11 is 5.81. The number of anilines is 2. The molecule has 4 amide bonds. The lowest BCUT2D eigenvalue weighted by atomic mass is 9.67. The van der Waals surface area contributed by atoms with Gasteiger partial charge in [0.2, 0.25) is 5.28 Å². The summed E-state index contributed by atoms with van der Waals surface area (Å²) in [4.78, 5) is 72.1. The highest BCUT2D eigenvalue weighted by Crippen LogP contribution is 2.45. The minimum absolute atomic E-state index is 0.140. The van der Waals surface area contributed by atoms with Crippen molar-refractivity contribution in [2.75, 3.05) is 50.2 Å². The molecule has 6 aromatic carbocycles. The minimum Gasteiger partial charge on any atom is -0.469 e. The molecule has 11 heterocycles. The second-order valence-corrected chi connectivity index (χ2v) is 25.0. The summed E-state index contributed by atoms with van der Waals surface area (Å²) in [7, 11) is 3.05. The van der Waals surface area contributed by atoms with Crippen molar-refractivity contribution in [3.63, 3.8) is 0 Å². The molecule has 98 heavy (non-hydrogen) atoms. The molecule has 3 saturated heterocycles. The van der Waals surface area contributed by atoms with E-state index in [-0.39, 0.29) is 83.7 Å². The first-order chi connectivity index (χ1) is 47.2. The van der Waals surface area contributed by atoms with E-state index < -0.39 is 23.9 Å². The van der Waals surface area contributed by atoms with Gasteiger partial charge in [0.25, 0.3) is 11.8 Å². The van der Waals surface area contributed by atoms with Gasteiger partial charge in [-0.05, 0) is 136 Å². The van der Waals surface area contributed by atoms with Crippen LogP contribution in [0.3, 0.4) is 0 Å². The van der Waals surface area contributed by atoms with E-state index in [1.165, 1.54) is 72.9 Å². The van der Waals surface area contributed by atoms with Crippen molar-refractivity contribution in [1.29, 1.82) is 0 Å². The second kappa shape index (κ2) is 24.1. The first-order valence-corrected chi connectivity index (χ1v) is 31.4. The van der Waals surface area contributed by atoms with Gasteiger partial charge in [-0.1, -0.05) is 18.2 Å². The third kappa shape index (κ3) is 10.7. The van der Waals surface area contributed by atoms with Crippen molar-refractivity contribution in [2.45, 2.75) is 52.2 Å². The van der Waals surface area contributed by atoms with Gasteiger partial charge in [-0.3, -0.25) is 19.4 Å². The lowest BCUT2D eigenvalue weighted by Crippen LogP contribution is -2.53. The summed E-state index contributed by atoms with van der Waals surface area (Å²) in [5.74, 6) is -0.413. The maximum absolute atomic E-state index is 14.7.